The molecule has 0 radical (unpaired) electrons. The van der Waals surface area contributed by atoms with Gasteiger partial charge in [-0.3, -0.25) is 62.5 Å². The van der Waals surface area contributed by atoms with Crippen LogP contribution in [0.2, 0.25) is 0 Å². The number of nitrogens with two attached hydrogens (primary N) is 4. The minimum Gasteiger partial charge on any atom is -0.481 e. The van der Waals surface area contributed by atoms with Crippen LogP contribution in [-0.2, 0) is 62.3 Å². The van der Waals surface area contributed by atoms with Gasteiger partial charge in [-0.1, -0.05) is 27.7 Å². The van der Waals surface area contributed by atoms with Crippen molar-refractivity contribution in [3.05, 3.63) is 0 Å². The fourth-order valence-electron chi connectivity index (χ4n) is 7.96. The summed E-state index contributed by atoms with van der Waals surface area (Å²) in [4.78, 5) is 173. The number of carbonyl (C=O) groups is 13. The SMILES string of the molecule is CSCC[C@H](NC(=O)[C@@H]1CCCN1C(=O)[C@H](CCC(N)=O)NC(=O)[C@H](CCCN=C(N)N)NC(=O)[C@H](CCC(=O)O)NC(=O)[C@@H](N)CCC(=O)O)C(=O)N[C@@H](CC(C)C)C(=O)N[C@@H](CC(C)C)C(=O)N[C@@H](CC(=O)O)C(=O)O. The number of guanidine groups is 1. The number of hydrogen-bond donors (Lipinski definition) is 15. The number of nitrogens with zero attached hydrogens (tertiary/aromatic N) is 2. The third-order valence-corrected chi connectivity index (χ3v) is 12.6. The van der Waals surface area contributed by atoms with Crippen molar-refractivity contribution >= 4 is 94.8 Å². The minimum atomic E-state index is -1.81. The summed E-state index contributed by atoms with van der Waals surface area (Å²) < 4.78 is 0. The van der Waals surface area contributed by atoms with Gasteiger partial charge in [-0.05, 0) is 88.1 Å². The topological polar surface area (TPSA) is 507 Å². The highest BCUT2D eigenvalue weighted by Gasteiger charge is 2.41. The molecule has 31 heteroatoms. The highest BCUT2D eigenvalue weighted by atomic mass is 32.2. The molecule has 1 aliphatic rings. The Kier molecular flexibility index (Phi) is 31.0. The lowest BCUT2D eigenvalue weighted by molar-refractivity contribution is -0.147. The Morgan fingerprint density at radius 2 is 1.01 bits per heavy atom. The number of nitrogens with one attached hydrogen (secondary N) is 7. The molecule has 0 spiro atoms. The molecule has 0 aromatic carbocycles. The molecule has 1 saturated heterocycles. The number of carbonyl (C=O) groups excluding carboxylic acids is 9. The van der Waals surface area contributed by atoms with Crippen LogP contribution in [0.5, 0.6) is 0 Å². The molecule has 78 heavy (non-hydrogen) atoms. The van der Waals surface area contributed by atoms with E-state index < -0.39 is 170 Å². The van der Waals surface area contributed by atoms with Crippen LogP contribution in [0.4, 0.5) is 0 Å². The largest absolute Gasteiger partial charge is 0.481 e. The number of primary amides is 1. The van der Waals surface area contributed by atoms with E-state index in [1.807, 2.05) is 0 Å². The Morgan fingerprint density at radius 3 is 1.49 bits per heavy atom. The predicted molar refractivity (Wildman–Crippen MR) is 280 cm³/mol. The van der Waals surface area contributed by atoms with Crippen LogP contribution in [0.15, 0.2) is 4.99 Å². The molecule has 0 aliphatic carbocycles. The molecule has 0 aromatic rings. The molecule has 1 fully saturated rings. The second kappa shape index (κ2) is 35.2. The Hall–Kier alpha value is -7.31. The zero-order valence-corrected chi connectivity index (χ0v) is 45.4. The Labute approximate surface area is 455 Å². The molecule has 0 saturated carbocycles. The maximum absolute atomic E-state index is 14.5. The van der Waals surface area contributed by atoms with Gasteiger partial charge in [0.2, 0.25) is 53.2 Å². The van der Waals surface area contributed by atoms with Crippen LogP contribution in [0.25, 0.3) is 0 Å². The van der Waals surface area contributed by atoms with Gasteiger partial charge >= 0.3 is 23.9 Å². The highest BCUT2D eigenvalue weighted by Crippen LogP contribution is 2.21. The van der Waals surface area contributed by atoms with Crippen molar-refractivity contribution in [2.75, 3.05) is 25.1 Å². The lowest BCUT2D eigenvalue weighted by Gasteiger charge is -2.31. The fourth-order valence-corrected chi connectivity index (χ4v) is 8.43. The van der Waals surface area contributed by atoms with Crippen molar-refractivity contribution in [2.24, 2.45) is 39.8 Å². The van der Waals surface area contributed by atoms with Gasteiger partial charge in [0, 0.05) is 32.4 Å². The molecule has 440 valence electrons. The molecule has 9 amide bonds. The number of carboxylic acid groups (broad SMARTS) is 4. The Bertz CT molecular complexity index is 2160. The molecular formula is C47H79N13O17S. The zero-order valence-electron chi connectivity index (χ0n) is 44.6. The molecule has 0 unspecified atom stereocenters. The summed E-state index contributed by atoms with van der Waals surface area (Å²) in [7, 11) is 0. The average Bonchev–Trinajstić information content (AvgIpc) is 3.84. The second-order valence-corrected chi connectivity index (χ2v) is 20.5. The maximum Gasteiger partial charge on any atom is 0.326 e. The molecular weight excluding hydrogens is 1050 g/mol. The molecule has 30 nitrogen and oxygen atoms in total. The average molecular weight is 1130 g/mol. The van der Waals surface area contributed by atoms with Gasteiger partial charge in [0.1, 0.15) is 48.3 Å². The lowest BCUT2D eigenvalue weighted by atomic mass is 9.99. The van der Waals surface area contributed by atoms with Crippen molar-refractivity contribution in [3.8, 4) is 0 Å². The molecule has 0 bridgehead atoms. The summed E-state index contributed by atoms with van der Waals surface area (Å²) >= 11 is 1.33. The number of thioether (sulfide) groups is 1. The van der Waals surface area contributed by atoms with Crippen molar-refractivity contribution in [3.63, 3.8) is 0 Å². The van der Waals surface area contributed by atoms with Gasteiger partial charge in [0.05, 0.1) is 12.5 Å². The van der Waals surface area contributed by atoms with Crippen molar-refractivity contribution in [1.29, 1.82) is 0 Å². The van der Waals surface area contributed by atoms with E-state index in [2.05, 4.69) is 42.2 Å². The Morgan fingerprint density at radius 1 is 0.564 bits per heavy atom. The smallest absolute Gasteiger partial charge is 0.326 e. The van der Waals surface area contributed by atoms with E-state index >= 15 is 0 Å². The first-order chi connectivity index (χ1) is 36.5. The molecule has 19 N–H and O–H groups in total. The monoisotopic (exact) mass is 1130 g/mol. The van der Waals surface area contributed by atoms with E-state index in [4.69, 9.17) is 33.1 Å². The van der Waals surface area contributed by atoms with Crippen LogP contribution in [0.3, 0.4) is 0 Å². The number of amides is 9. The number of aliphatic carboxylic acids is 4. The molecule has 1 rings (SSSR count). The van der Waals surface area contributed by atoms with E-state index in [9.17, 15) is 72.5 Å². The van der Waals surface area contributed by atoms with Gasteiger partial charge in [0.25, 0.3) is 0 Å². The van der Waals surface area contributed by atoms with E-state index in [-0.39, 0.29) is 82.3 Å². The number of rotatable bonds is 38. The van der Waals surface area contributed by atoms with E-state index in [1.54, 1.807) is 34.0 Å². The zero-order chi connectivity index (χ0) is 59.4. The number of hydrogen-bond acceptors (Lipinski definition) is 16. The normalized spacial score (nSPS) is 16.1. The quantitative estimate of drug-likeness (QED) is 0.0160. The van der Waals surface area contributed by atoms with Crippen molar-refractivity contribution < 1.29 is 82.8 Å². The first-order valence-corrected chi connectivity index (χ1v) is 26.8. The van der Waals surface area contributed by atoms with Crippen LogP contribution < -0.4 is 60.2 Å². The van der Waals surface area contributed by atoms with Crippen LogP contribution >= 0.6 is 11.8 Å². The maximum atomic E-state index is 14.5. The summed E-state index contributed by atoms with van der Waals surface area (Å²) in [6, 6.07) is -13.1. The number of aliphatic imine (C=N–C) groups is 1. The van der Waals surface area contributed by atoms with Gasteiger partial charge in [-0.25, -0.2) is 4.79 Å². The third kappa shape index (κ3) is 26.6. The summed E-state index contributed by atoms with van der Waals surface area (Å²) in [5, 5.41) is 54.3. The summed E-state index contributed by atoms with van der Waals surface area (Å²) in [5.74, 6) is -14.3. The summed E-state index contributed by atoms with van der Waals surface area (Å²) in [6.07, 6.45) is -1.80. The number of likely N-dealkylation sites (tertiary alicyclic amines) is 1. The standard InChI is InChI=1S/C47H79N13O17S/c1-23(2)20-30(42(72)58-31(21-24(3)4)43(73)59-32(46(76)77)22-37(66)67)57-41(71)28(16-19-78-5)55-44(74)33-9-7-18-60(33)45(75)29(11-13-34(49)61)56-39(69)26(8-6-17-52-47(50)51)54-40(70)27(12-15-36(64)65)53-38(68)25(48)10-14-35(62)63/h23-33H,6-22,48H2,1-5H3,(H2,49,61)(H,53,68)(H,54,70)(H,55,74)(H,56,69)(H,57,71)(H,58,72)(H,59,73)(H,62,63)(H,64,65)(H,66,67)(H,76,77)(H4,50,51,52)/t25-,26-,27-,28-,29-,30-,31-,32-,33-/m0/s1. The summed E-state index contributed by atoms with van der Waals surface area (Å²) in [5.41, 5.74) is 22.1. The Balaban J connectivity index is 3.53. The fraction of sp³-hybridized carbons (Fsp3) is 0.702. The van der Waals surface area contributed by atoms with Crippen LogP contribution in [0.1, 0.15) is 118 Å². The van der Waals surface area contributed by atoms with Gasteiger partial charge in [-0.15, -0.1) is 0 Å². The highest BCUT2D eigenvalue weighted by molar-refractivity contribution is 7.98. The first-order valence-electron chi connectivity index (χ1n) is 25.4. The molecule has 0 aromatic heterocycles. The van der Waals surface area contributed by atoms with Crippen molar-refractivity contribution in [2.45, 2.75) is 172 Å². The molecule has 1 heterocycles. The summed E-state index contributed by atoms with van der Waals surface area (Å²) in [6.45, 7) is 6.88. The van der Waals surface area contributed by atoms with Gasteiger partial charge in [0.15, 0.2) is 5.96 Å². The first kappa shape index (κ1) is 68.7. The predicted octanol–water partition coefficient (Wildman–Crippen LogP) is -3.85. The second-order valence-electron chi connectivity index (χ2n) is 19.5. The van der Waals surface area contributed by atoms with Gasteiger partial charge in [-0.2, -0.15) is 11.8 Å². The van der Waals surface area contributed by atoms with E-state index in [0.29, 0.717) is 5.75 Å². The van der Waals surface area contributed by atoms with E-state index in [0.717, 1.165) is 4.90 Å². The van der Waals surface area contributed by atoms with Crippen LogP contribution in [-0.4, -0.2) is 188 Å². The molecule has 1 aliphatic heterocycles. The number of carboxylic acids is 4. The van der Waals surface area contributed by atoms with Crippen molar-refractivity contribution in [1.82, 2.24) is 42.1 Å². The third-order valence-electron chi connectivity index (χ3n) is 11.9. The minimum absolute atomic E-state index is 0.000604. The van der Waals surface area contributed by atoms with Gasteiger partial charge < -0.3 is 85.5 Å². The van der Waals surface area contributed by atoms with E-state index in [1.165, 1.54) is 11.8 Å². The molecule has 9 atom stereocenters. The lowest BCUT2D eigenvalue weighted by Crippen LogP contribution is -2.60. The van der Waals surface area contributed by atoms with Crippen LogP contribution in [0, 0.1) is 11.8 Å².